The van der Waals surface area contributed by atoms with Crippen LogP contribution in [-0.2, 0) is 10.5 Å². The van der Waals surface area contributed by atoms with Crippen LogP contribution >= 0.6 is 11.8 Å². The van der Waals surface area contributed by atoms with E-state index in [-0.39, 0.29) is 12.3 Å². The van der Waals surface area contributed by atoms with Crippen LogP contribution in [0.5, 0.6) is 0 Å². The molecule has 0 aliphatic carbocycles. The van der Waals surface area contributed by atoms with Crippen molar-refractivity contribution >= 4 is 23.4 Å². The molecule has 0 fully saturated rings. The molecule has 1 N–H and O–H groups in total. The third-order valence-electron chi connectivity index (χ3n) is 2.34. The molecule has 1 aromatic carbocycles. The summed E-state index contributed by atoms with van der Waals surface area (Å²) >= 11 is 1.66. The molecule has 2 aromatic rings. The van der Waals surface area contributed by atoms with Gasteiger partial charge in [0.15, 0.2) is 0 Å². The molecule has 5 heteroatoms. The van der Waals surface area contributed by atoms with Gasteiger partial charge in [-0.2, -0.15) is 5.26 Å². The summed E-state index contributed by atoms with van der Waals surface area (Å²) in [5.74, 6) is 1.41. The molecule has 1 aromatic heterocycles. The Morgan fingerprint density at radius 2 is 2.11 bits per heavy atom. The standard InChI is InChI=1S/C14H12N2O2S/c15-8-7-14(17)16-11-3-5-13(6-4-11)19-10-12-2-1-9-18-12/h1-6,9H,7,10H2,(H,16,17). The van der Waals surface area contributed by atoms with Gasteiger partial charge in [-0.3, -0.25) is 4.79 Å². The zero-order chi connectivity index (χ0) is 13.5. The number of carbonyl (C=O) groups excluding carboxylic acids is 1. The fourth-order valence-corrected chi connectivity index (χ4v) is 2.26. The molecule has 0 saturated carbocycles. The van der Waals surface area contributed by atoms with Crippen LogP contribution in [0.3, 0.4) is 0 Å². The SMILES string of the molecule is N#CCC(=O)Nc1ccc(SCc2ccco2)cc1. The van der Waals surface area contributed by atoms with Gasteiger partial charge in [-0.1, -0.05) is 0 Å². The minimum Gasteiger partial charge on any atom is -0.468 e. The van der Waals surface area contributed by atoms with E-state index in [4.69, 9.17) is 9.68 Å². The van der Waals surface area contributed by atoms with Gasteiger partial charge in [0.1, 0.15) is 12.2 Å². The number of amides is 1. The third kappa shape index (κ3) is 4.19. The average Bonchev–Trinajstić information content (AvgIpc) is 2.91. The molecule has 0 atom stereocenters. The van der Waals surface area contributed by atoms with Crippen molar-refractivity contribution in [3.63, 3.8) is 0 Å². The van der Waals surface area contributed by atoms with Gasteiger partial charge in [0.2, 0.25) is 5.91 Å². The number of carbonyl (C=O) groups is 1. The Morgan fingerprint density at radius 1 is 1.32 bits per heavy atom. The monoisotopic (exact) mass is 272 g/mol. The second-order valence-electron chi connectivity index (χ2n) is 3.78. The smallest absolute Gasteiger partial charge is 0.238 e. The predicted octanol–water partition coefficient (Wildman–Crippen LogP) is 3.42. The van der Waals surface area contributed by atoms with Gasteiger partial charge in [-0.15, -0.1) is 11.8 Å². The van der Waals surface area contributed by atoms with Crippen molar-refractivity contribution < 1.29 is 9.21 Å². The summed E-state index contributed by atoms with van der Waals surface area (Å²) in [6, 6.07) is 13.1. The molecule has 4 nitrogen and oxygen atoms in total. The van der Waals surface area contributed by atoms with Gasteiger partial charge in [0.25, 0.3) is 0 Å². The van der Waals surface area contributed by atoms with Crippen LogP contribution in [-0.4, -0.2) is 5.91 Å². The fourth-order valence-electron chi connectivity index (χ4n) is 1.46. The Labute approximate surface area is 115 Å². The molecular weight excluding hydrogens is 260 g/mol. The van der Waals surface area contributed by atoms with Crippen molar-refractivity contribution in [1.29, 1.82) is 5.26 Å². The fraction of sp³-hybridized carbons (Fsp3) is 0.143. The molecule has 1 amide bonds. The van der Waals surface area contributed by atoms with Crippen LogP contribution in [0.2, 0.25) is 0 Å². The average molecular weight is 272 g/mol. The molecule has 19 heavy (non-hydrogen) atoms. The molecule has 0 saturated heterocycles. The quantitative estimate of drug-likeness (QED) is 0.847. The molecule has 0 aliphatic rings. The van der Waals surface area contributed by atoms with Crippen molar-refractivity contribution in [3.8, 4) is 6.07 Å². The van der Waals surface area contributed by atoms with E-state index in [1.54, 1.807) is 18.0 Å². The number of hydrogen-bond donors (Lipinski definition) is 1. The maximum atomic E-state index is 11.2. The number of furan rings is 1. The largest absolute Gasteiger partial charge is 0.468 e. The topological polar surface area (TPSA) is 66.0 Å². The maximum absolute atomic E-state index is 11.2. The van der Waals surface area contributed by atoms with Crippen LogP contribution in [0.15, 0.2) is 52.0 Å². The number of benzene rings is 1. The molecule has 2 rings (SSSR count). The van der Waals surface area contributed by atoms with Crippen LogP contribution in [0.25, 0.3) is 0 Å². The van der Waals surface area contributed by atoms with Crippen molar-refractivity contribution in [1.82, 2.24) is 0 Å². The Balaban J connectivity index is 1.88. The molecule has 0 radical (unpaired) electrons. The summed E-state index contributed by atoms with van der Waals surface area (Å²) in [5.41, 5.74) is 0.697. The second-order valence-corrected chi connectivity index (χ2v) is 4.82. The van der Waals surface area contributed by atoms with E-state index in [9.17, 15) is 4.79 Å². The normalized spacial score (nSPS) is 9.84. The van der Waals surface area contributed by atoms with Gasteiger partial charge in [-0.05, 0) is 36.4 Å². The summed E-state index contributed by atoms with van der Waals surface area (Å²) in [6.45, 7) is 0. The van der Waals surface area contributed by atoms with E-state index >= 15 is 0 Å². The molecule has 1 heterocycles. The van der Waals surface area contributed by atoms with E-state index in [2.05, 4.69) is 5.32 Å². The second kappa shape index (κ2) is 6.66. The van der Waals surface area contributed by atoms with Crippen LogP contribution < -0.4 is 5.32 Å². The van der Waals surface area contributed by atoms with E-state index < -0.39 is 0 Å². The highest BCUT2D eigenvalue weighted by atomic mass is 32.2. The molecule has 0 spiro atoms. The van der Waals surface area contributed by atoms with E-state index in [1.807, 2.05) is 42.5 Å². The maximum Gasteiger partial charge on any atom is 0.238 e. The molecule has 0 unspecified atom stereocenters. The molecule has 96 valence electrons. The van der Waals surface area contributed by atoms with Crippen LogP contribution in [0.1, 0.15) is 12.2 Å². The van der Waals surface area contributed by atoms with Gasteiger partial charge in [0, 0.05) is 10.6 Å². The molecule has 0 aliphatic heterocycles. The summed E-state index contributed by atoms with van der Waals surface area (Å²) < 4.78 is 5.25. The lowest BCUT2D eigenvalue weighted by molar-refractivity contribution is -0.115. The highest BCUT2D eigenvalue weighted by molar-refractivity contribution is 7.98. The molecular formula is C14H12N2O2S. The first-order chi connectivity index (χ1) is 9.28. The highest BCUT2D eigenvalue weighted by Gasteiger charge is 2.02. The summed E-state index contributed by atoms with van der Waals surface area (Å²) in [4.78, 5) is 12.3. The lowest BCUT2D eigenvalue weighted by Crippen LogP contribution is -2.09. The number of anilines is 1. The summed E-state index contributed by atoms with van der Waals surface area (Å²) in [7, 11) is 0. The number of nitrogens with zero attached hydrogens (tertiary/aromatic N) is 1. The van der Waals surface area contributed by atoms with Gasteiger partial charge in [0.05, 0.1) is 18.1 Å². The van der Waals surface area contributed by atoms with E-state index in [1.165, 1.54) is 0 Å². The van der Waals surface area contributed by atoms with E-state index in [0.717, 1.165) is 16.4 Å². The van der Waals surface area contributed by atoms with E-state index in [0.29, 0.717) is 5.69 Å². The van der Waals surface area contributed by atoms with Crippen molar-refractivity contribution in [2.75, 3.05) is 5.32 Å². The predicted molar refractivity (Wildman–Crippen MR) is 73.6 cm³/mol. The minimum atomic E-state index is -0.293. The summed E-state index contributed by atoms with van der Waals surface area (Å²) in [6.07, 6.45) is 1.53. The first-order valence-electron chi connectivity index (χ1n) is 5.70. The van der Waals surface area contributed by atoms with Gasteiger partial charge >= 0.3 is 0 Å². The Bertz CT molecular complexity index is 570. The number of nitriles is 1. The first-order valence-corrected chi connectivity index (χ1v) is 6.68. The number of hydrogen-bond acceptors (Lipinski definition) is 4. The zero-order valence-corrected chi connectivity index (χ0v) is 10.9. The third-order valence-corrected chi connectivity index (χ3v) is 3.37. The highest BCUT2D eigenvalue weighted by Crippen LogP contribution is 2.24. The Morgan fingerprint density at radius 3 is 2.74 bits per heavy atom. The Hall–Kier alpha value is -2.19. The van der Waals surface area contributed by atoms with Crippen molar-refractivity contribution in [3.05, 3.63) is 48.4 Å². The molecule has 0 bridgehead atoms. The van der Waals surface area contributed by atoms with Crippen molar-refractivity contribution in [2.24, 2.45) is 0 Å². The van der Waals surface area contributed by atoms with Crippen molar-refractivity contribution in [2.45, 2.75) is 17.1 Å². The number of thioether (sulfide) groups is 1. The zero-order valence-electron chi connectivity index (χ0n) is 10.1. The Kier molecular flexibility index (Phi) is 4.65. The first kappa shape index (κ1) is 13.2. The van der Waals surface area contributed by atoms with Crippen LogP contribution in [0, 0.1) is 11.3 Å². The lowest BCUT2D eigenvalue weighted by Gasteiger charge is -2.04. The van der Waals surface area contributed by atoms with Gasteiger partial charge < -0.3 is 9.73 Å². The minimum absolute atomic E-state index is 0.130. The summed E-state index contributed by atoms with van der Waals surface area (Å²) in [5, 5.41) is 11.0. The lowest BCUT2D eigenvalue weighted by atomic mass is 10.3. The number of rotatable bonds is 5. The number of nitrogens with one attached hydrogen (secondary N) is 1. The van der Waals surface area contributed by atoms with Crippen LogP contribution in [0.4, 0.5) is 5.69 Å². The van der Waals surface area contributed by atoms with Gasteiger partial charge in [-0.25, -0.2) is 0 Å².